The van der Waals surface area contributed by atoms with Crippen LogP contribution in [-0.2, 0) is 9.53 Å². The Balaban J connectivity index is 1.05. The molecule has 282 valence electrons. The minimum absolute atomic E-state index is 0.0161. The SMILES string of the molecule is C[C@H]1[C@H](C)CC[C@]2(C(=O)OCCN3CCN(C(=O)c4c(Cl)cccc4Cl)CC3)CC[C@]3(C)C(=CC[C@@H]4[C@@]5(C)CCC(O)C(C)(C)C5CC[C@]43C)[C@@H]12. The number of nitrogens with zero attached hydrogens (tertiary/aromatic N) is 2. The molecule has 1 aliphatic heterocycles. The third kappa shape index (κ3) is 5.68. The molecule has 0 radical (unpaired) electrons. The number of hydrogen-bond donors (Lipinski definition) is 1. The number of amides is 1. The van der Waals surface area contributed by atoms with E-state index in [4.69, 9.17) is 27.9 Å². The molecule has 8 heteroatoms. The molecule has 7 rings (SSSR count). The fourth-order valence-electron chi connectivity index (χ4n) is 13.3. The van der Waals surface area contributed by atoms with Crippen LogP contribution in [-0.4, -0.2) is 72.2 Å². The molecule has 51 heavy (non-hydrogen) atoms. The molecule has 2 unspecified atom stereocenters. The number of aliphatic hydroxyl groups excluding tert-OH is 1. The molecular weight excluding hydrogens is 679 g/mol. The molecule has 5 aliphatic carbocycles. The second-order valence-corrected chi connectivity index (χ2v) is 19.9. The summed E-state index contributed by atoms with van der Waals surface area (Å²) < 4.78 is 6.32. The van der Waals surface area contributed by atoms with Crippen molar-refractivity contribution in [1.82, 2.24) is 9.80 Å². The molecule has 5 fully saturated rings. The number of halogens is 2. The Morgan fingerprint density at radius 3 is 2.25 bits per heavy atom. The zero-order valence-corrected chi connectivity index (χ0v) is 33.7. The van der Waals surface area contributed by atoms with Crippen molar-refractivity contribution in [1.29, 1.82) is 0 Å². The molecule has 1 heterocycles. The summed E-state index contributed by atoms with van der Waals surface area (Å²) in [6.07, 6.45) is 11.8. The standard InChI is InChI=1S/C43H62Cl2N2O4/c1-27-13-18-43(38(50)51-26-25-46-21-23-47(24-22-46)37(49)35-30(44)9-8-10-31(35)45)20-19-41(6)29(36(43)28(27)2)11-12-33-40(5)16-15-34(48)39(3,4)32(40)14-17-42(33,41)7/h8-11,27-28,32-34,36,48H,12-26H2,1-7H3/t27-,28+,32?,33-,34?,36-,40+,41-,42-,43+/m1/s1. The van der Waals surface area contributed by atoms with Crippen molar-refractivity contribution < 1.29 is 19.4 Å². The molecule has 1 N–H and O–H groups in total. The summed E-state index contributed by atoms with van der Waals surface area (Å²) in [5.74, 6) is 2.20. The van der Waals surface area contributed by atoms with E-state index >= 15 is 0 Å². The number of carbonyl (C=O) groups is 2. The largest absolute Gasteiger partial charge is 0.464 e. The van der Waals surface area contributed by atoms with Crippen LogP contribution in [0.3, 0.4) is 0 Å². The normalized spacial score (nSPS) is 42.1. The summed E-state index contributed by atoms with van der Waals surface area (Å²) in [5, 5.41) is 11.8. The van der Waals surface area contributed by atoms with Gasteiger partial charge < -0.3 is 14.7 Å². The van der Waals surface area contributed by atoms with E-state index in [2.05, 4.69) is 59.4 Å². The lowest BCUT2D eigenvalue weighted by Gasteiger charge is -2.71. The first-order chi connectivity index (χ1) is 24.0. The average molecular weight is 742 g/mol. The number of carbonyl (C=O) groups excluding carboxylic acids is 2. The number of ether oxygens (including phenoxy) is 1. The molecule has 1 saturated heterocycles. The first kappa shape index (κ1) is 37.7. The summed E-state index contributed by atoms with van der Waals surface area (Å²) in [4.78, 5) is 31.8. The summed E-state index contributed by atoms with van der Waals surface area (Å²) in [7, 11) is 0. The highest BCUT2D eigenvalue weighted by Crippen LogP contribution is 2.75. The van der Waals surface area contributed by atoms with E-state index in [1.165, 1.54) is 12.8 Å². The zero-order valence-electron chi connectivity index (χ0n) is 32.2. The number of allylic oxidation sites excluding steroid dienone is 2. The second-order valence-electron chi connectivity index (χ2n) is 19.0. The van der Waals surface area contributed by atoms with Crippen LogP contribution < -0.4 is 0 Å². The van der Waals surface area contributed by atoms with E-state index in [0.717, 1.165) is 44.9 Å². The molecule has 1 aromatic rings. The fraction of sp³-hybridized carbons (Fsp3) is 0.767. The Bertz CT molecular complexity index is 1550. The quantitative estimate of drug-likeness (QED) is 0.241. The summed E-state index contributed by atoms with van der Waals surface area (Å²) in [6, 6.07) is 5.15. The van der Waals surface area contributed by atoms with Crippen molar-refractivity contribution >= 4 is 35.1 Å². The number of aliphatic hydroxyl groups is 1. The molecule has 1 amide bonds. The van der Waals surface area contributed by atoms with E-state index in [-0.39, 0.29) is 45.6 Å². The molecule has 0 bridgehead atoms. The van der Waals surface area contributed by atoms with Crippen molar-refractivity contribution in [3.63, 3.8) is 0 Å². The van der Waals surface area contributed by atoms with Gasteiger partial charge in [-0.2, -0.15) is 0 Å². The lowest BCUT2D eigenvalue weighted by atomic mass is 9.33. The molecule has 10 atom stereocenters. The Morgan fingerprint density at radius 1 is 0.882 bits per heavy atom. The molecule has 0 aromatic heterocycles. The summed E-state index contributed by atoms with van der Waals surface area (Å²) in [5.41, 5.74) is 1.84. The van der Waals surface area contributed by atoms with E-state index in [0.29, 0.717) is 78.6 Å². The number of fused-ring (bicyclic) bond motifs is 7. The molecular formula is C43H62Cl2N2O4. The number of rotatable bonds is 5. The maximum Gasteiger partial charge on any atom is 0.312 e. The van der Waals surface area contributed by atoms with Gasteiger partial charge >= 0.3 is 5.97 Å². The first-order valence-corrected chi connectivity index (χ1v) is 20.8. The Hall–Kier alpha value is -1.60. The maximum atomic E-state index is 14.5. The molecule has 0 spiro atoms. The Kier molecular flexibility index (Phi) is 9.84. The third-order valence-corrected chi connectivity index (χ3v) is 17.5. The maximum absolute atomic E-state index is 14.5. The van der Waals surface area contributed by atoms with E-state index in [9.17, 15) is 14.7 Å². The highest BCUT2D eigenvalue weighted by atomic mass is 35.5. The van der Waals surface area contributed by atoms with Crippen molar-refractivity contribution in [2.75, 3.05) is 39.3 Å². The highest BCUT2D eigenvalue weighted by molar-refractivity contribution is 6.39. The van der Waals surface area contributed by atoms with Gasteiger partial charge in [-0.1, -0.05) is 89.4 Å². The van der Waals surface area contributed by atoms with Gasteiger partial charge in [-0.05, 0) is 121 Å². The minimum atomic E-state index is -0.460. The second kappa shape index (κ2) is 13.3. The number of benzene rings is 1. The lowest BCUT2D eigenvalue weighted by molar-refractivity contribution is -0.207. The van der Waals surface area contributed by atoms with Crippen LogP contribution >= 0.6 is 23.2 Å². The third-order valence-electron chi connectivity index (χ3n) is 16.9. The van der Waals surface area contributed by atoms with Gasteiger partial charge in [0.1, 0.15) is 6.61 Å². The van der Waals surface area contributed by atoms with Crippen LogP contribution in [0.1, 0.15) is 117 Å². The number of esters is 1. The van der Waals surface area contributed by atoms with Crippen molar-refractivity contribution in [3.05, 3.63) is 45.5 Å². The average Bonchev–Trinajstić information content (AvgIpc) is 3.08. The van der Waals surface area contributed by atoms with Crippen LogP contribution in [0.25, 0.3) is 0 Å². The van der Waals surface area contributed by atoms with Crippen LogP contribution in [0.5, 0.6) is 0 Å². The number of hydrogen-bond acceptors (Lipinski definition) is 5. The van der Waals surface area contributed by atoms with Gasteiger partial charge in [-0.15, -0.1) is 0 Å². The van der Waals surface area contributed by atoms with Crippen LogP contribution in [0.2, 0.25) is 10.0 Å². The van der Waals surface area contributed by atoms with Gasteiger partial charge in [-0.3, -0.25) is 14.5 Å². The topological polar surface area (TPSA) is 70.1 Å². The van der Waals surface area contributed by atoms with Crippen molar-refractivity contribution in [3.8, 4) is 0 Å². The van der Waals surface area contributed by atoms with Crippen LogP contribution in [0, 0.1) is 56.7 Å². The van der Waals surface area contributed by atoms with Crippen molar-refractivity contribution in [2.45, 2.75) is 112 Å². The summed E-state index contributed by atoms with van der Waals surface area (Å²) >= 11 is 12.6. The smallest absolute Gasteiger partial charge is 0.312 e. The lowest BCUT2D eigenvalue weighted by Crippen LogP contribution is -2.65. The van der Waals surface area contributed by atoms with Gasteiger partial charge in [0.05, 0.1) is 27.1 Å². The van der Waals surface area contributed by atoms with Crippen molar-refractivity contribution in [2.24, 2.45) is 56.7 Å². The Labute approximate surface area is 317 Å². The predicted octanol–water partition coefficient (Wildman–Crippen LogP) is 9.31. The van der Waals surface area contributed by atoms with Gasteiger partial charge in [0.15, 0.2) is 0 Å². The van der Waals surface area contributed by atoms with Gasteiger partial charge in [-0.25, -0.2) is 0 Å². The van der Waals surface area contributed by atoms with Gasteiger partial charge in [0.25, 0.3) is 5.91 Å². The van der Waals surface area contributed by atoms with Crippen LogP contribution in [0.4, 0.5) is 0 Å². The summed E-state index contributed by atoms with van der Waals surface area (Å²) in [6.45, 7) is 20.8. The zero-order chi connectivity index (χ0) is 36.7. The molecule has 6 nitrogen and oxygen atoms in total. The molecule has 6 aliphatic rings. The van der Waals surface area contributed by atoms with E-state index in [1.54, 1.807) is 23.8 Å². The van der Waals surface area contributed by atoms with E-state index < -0.39 is 5.41 Å². The highest BCUT2D eigenvalue weighted by Gasteiger charge is 2.69. The monoisotopic (exact) mass is 740 g/mol. The van der Waals surface area contributed by atoms with Gasteiger partial charge in [0, 0.05) is 32.7 Å². The van der Waals surface area contributed by atoms with Crippen LogP contribution in [0.15, 0.2) is 29.8 Å². The molecule has 4 saturated carbocycles. The predicted molar refractivity (Wildman–Crippen MR) is 205 cm³/mol. The van der Waals surface area contributed by atoms with E-state index in [1.807, 2.05) is 4.90 Å². The first-order valence-electron chi connectivity index (χ1n) is 20.0. The Morgan fingerprint density at radius 2 is 1.57 bits per heavy atom. The minimum Gasteiger partial charge on any atom is -0.464 e. The molecule has 1 aromatic carbocycles. The van der Waals surface area contributed by atoms with Gasteiger partial charge in [0.2, 0.25) is 0 Å². The fourth-order valence-corrected chi connectivity index (χ4v) is 13.8. The number of piperazine rings is 1.